The maximum Gasteiger partial charge on any atom is 0.322 e. The van der Waals surface area contributed by atoms with Crippen LogP contribution in [0.2, 0.25) is 0 Å². The number of fused-ring (bicyclic) bond motifs is 1. The number of rotatable bonds is 6. The summed E-state index contributed by atoms with van der Waals surface area (Å²) in [6.45, 7) is 3.09. The molecule has 140 valence electrons. The normalized spacial score (nSPS) is 21.7. The van der Waals surface area contributed by atoms with Gasteiger partial charge in [0, 0.05) is 0 Å². The van der Waals surface area contributed by atoms with E-state index in [4.69, 9.17) is 4.74 Å². The number of hydrogen-bond donors (Lipinski definition) is 2. The highest BCUT2D eigenvalue weighted by Gasteiger charge is 2.28. The topological polar surface area (TPSA) is 50.4 Å². The van der Waals surface area contributed by atoms with Crippen LogP contribution >= 0.6 is 12.4 Å². The molecular weight excluding hydrogens is 336 g/mol. The fraction of sp³-hybridized carbons (Fsp3) is 0.650. The molecular formula is C20H31ClN2O2. The number of methoxy groups -OCH3 is 1. The Balaban J connectivity index is 0.00000225. The SMILES string of the molecule is COC(=O)C(CC1CCCc2ccccc21)NCC1CCNCC1.Cl. The van der Waals surface area contributed by atoms with Crippen LogP contribution in [-0.2, 0) is 16.0 Å². The third-order valence-corrected chi connectivity index (χ3v) is 5.61. The molecule has 0 amide bonds. The molecule has 1 heterocycles. The molecule has 1 aromatic carbocycles. The van der Waals surface area contributed by atoms with E-state index in [-0.39, 0.29) is 24.4 Å². The molecule has 0 saturated carbocycles. The predicted molar refractivity (Wildman–Crippen MR) is 103 cm³/mol. The van der Waals surface area contributed by atoms with Crippen molar-refractivity contribution in [2.24, 2.45) is 5.92 Å². The zero-order chi connectivity index (χ0) is 16.8. The highest BCUT2D eigenvalue weighted by atomic mass is 35.5. The Hall–Kier alpha value is -1.10. The van der Waals surface area contributed by atoms with Gasteiger partial charge < -0.3 is 15.4 Å². The Bertz CT molecular complexity index is 546. The molecule has 2 atom stereocenters. The van der Waals surface area contributed by atoms with Gasteiger partial charge in [0.05, 0.1) is 7.11 Å². The van der Waals surface area contributed by atoms with Crippen molar-refractivity contribution in [3.63, 3.8) is 0 Å². The van der Waals surface area contributed by atoms with Gasteiger partial charge in [0.15, 0.2) is 0 Å². The van der Waals surface area contributed by atoms with Crippen molar-refractivity contribution in [1.82, 2.24) is 10.6 Å². The summed E-state index contributed by atoms with van der Waals surface area (Å²) < 4.78 is 5.07. The van der Waals surface area contributed by atoms with E-state index in [9.17, 15) is 4.79 Å². The van der Waals surface area contributed by atoms with Crippen molar-refractivity contribution in [2.75, 3.05) is 26.7 Å². The molecule has 1 aliphatic heterocycles. The second kappa shape index (κ2) is 10.1. The molecule has 1 aliphatic carbocycles. The van der Waals surface area contributed by atoms with Gasteiger partial charge in [-0.05, 0) is 81.1 Å². The van der Waals surface area contributed by atoms with Crippen LogP contribution in [0, 0.1) is 5.92 Å². The van der Waals surface area contributed by atoms with Crippen LogP contribution in [0.25, 0.3) is 0 Å². The summed E-state index contributed by atoms with van der Waals surface area (Å²) in [4.78, 5) is 12.3. The highest BCUT2D eigenvalue weighted by molar-refractivity contribution is 5.85. The third-order valence-electron chi connectivity index (χ3n) is 5.61. The minimum absolute atomic E-state index is 0. The quantitative estimate of drug-likeness (QED) is 0.760. The minimum Gasteiger partial charge on any atom is -0.468 e. The molecule has 2 N–H and O–H groups in total. The summed E-state index contributed by atoms with van der Waals surface area (Å²) in [5, 5.41) is 6.91. The van der Waals surface area contributed by atoms with E-state index < -0.39 is 0 Å². The Labute approximate surface area is 157 Å². The number of piperidine rings is 1. The first-order valence-electron chi connectivity index (χ1n) is 9.37. The van der Waals surface area contributed by atoms with Crippen LogP contribution in [0.15, 0.2) is 24.3 Å². The number of ether oxygens (including phenoxy) is 1. The van der Waals surface area contributed by atoms with Gasteiger partial charge in [-0.25, -0.2) is 0 Å². The number of carbonyl (C=O) groups excluding carboxylic acids is 1. The second-order valence-corrected chi connectivity index (χ2v) is 7.20. The fourth-order valence-electron chi connectivity index (χ4n) is 4.18. The van der Waals surface area contributed by atoms with Gasteiger partial charge >= 0.3 is 5.97 Å². The summed E-state index contributed by atoms with van der Waals surface area (Å²) in [5.74, 6) is 1.00. The van der Waals surface area contributed by atoms with Gasteiger partial charge in [-0.1, -0.05) is 24.3 Å². The van der Waals surface area contributed by atoms with E-state index in [1.54, 1.807) is 0 Å². The molecule has 4 nitrogen and oxygen atoms in total. The zero-order valence-corrected chi connectivity index (χ0v) is 15.9. The van der Waals surface area contributed by atoms with Gasteiger partial charge in [0.25, 0.3) is 0 Å². The number of halogens is 1. The second-order valence-electron chi connectivity index (χ2n) is 7.20. The smallest absolute Gasteiger partial charge is 0.322 e. The monoisotopic (exact) mass is 366 g/mol. The van der Waals surface area contributed by atoms with Crippen LogP contribution < -0.4 is 10.6 Å². The highest BCUT2D eigenvalue weighted by Crippen LogP contribution is 2.34. The Morgan fingerprint density at radius 3 is 2.80 bits per heavy atom. The molecule has 1 aromatic rings. The van der Waals surface area contributed by atoms with Crippen molar-refractivity contribution >= 4 is 18.4 Å². The van der Waals surface area contributed by atoms with E-state index in [1.165, 1.54) is 43.9 Å². The molecule has 0 aromatic heterocycles. The molecule has 3 rings (SSSR count). The maximum atomic E-state index is 12.3. The van der Waals surface area contributed by atoms with Crippen molar-refractivity contribution in [3.8, 4) is 0 Å². The zero-order valence-electron chi connectivity index (χ0n) is 15.1. The number of benzene rings is 1. The van der Waals surface area contributed by atoms with E-state index in [1.807, 2.05) is 0 Å². The lowest BCUT2D eigenvalue weighted by Gasteiger charge is -2.30. The van der Waals surface area contributed by atoms with E-state index in [2.05, 4.69) is 34.9 Å². The maximum absolute atomic E-state index is 12.3. The largest absolute Gasteiger partial charge is 0.468 e. The van der Waals surface area contributed by atoms with Gasteiger partial charge in [-0.15, -0.1) is 12.4 Å². The van der Waals surface area contributed by atoms with E-state index in [0.29, 0.717) is 11.8 Å². The van der Waals surface area contributed by atoms with Crippen molar-refractivity contribution in [3.05, 3.63) is 35.4 Å². The lowest BCUT2D eigenvalue weighted by atomic mass is 9.79. The minimum atomic E-state index is -0.193. The van der Waals surface area contributed by atoms with Crippen LogP contribution in [0.3, 0.4) is 0 Å². The molecule has 1 fully saturated rings. The van der Waals surface area contributed by atoms with Gasteiger partial charge in [-0.3, -0.25) is 4.79 Å². The average molecular weight is 367 g/mol. The number of nitrogens with one attached hydrogen (secondary N) is 2. The first-order chi connectivity index (χ1) is 11.8. The van der Waals surface area contributed by atoms with E-state index in [0.717, 1.165) is 32.5 Å². The van der Waals surface area contributed by atoms with Gasteiger partial charge in [-0.2, -0.15) is 0 Å². The molecule has 25 heavy (non-hydrogen) atoms. The van der Waals surface area contributed by atoms with Gasteiger partial charge in [0.2, 0.25) is 0 Å². The summed E-state index contributed by atoms with van der Waals surface area (Å²) >= 11 is 0. The molecule has 0 bridgehead atoms. The summed E-state index contributed by atoms with van der Waals surface area (Å²) in [6, 6.07) is 8.51. The summed E-state index contributed by atoms with van der Waals surface area (Å²) in [6.07, 6.45) is 6.76. The molecule has 2 aliphatic rings. The Morgan fingerprint density at radius 2 is 2.04 bits per heavy atom. The van der Waals surface area contributed by atoms with Gasteiger partial charge in [0.1, 0.15) is 6.04 Å². The Morgan fingerprint density at radius 1 is 1.28 bits per heavy atom. The van der Waals surface area contributed by atoms with Crippen LogP contribution in [0.4, 0.5) is 0 Å². The summed E-state index contributed by atoms with van der Waals surface area (Å²) in [7, 11) is 1.50. The van der Waals surface area contributed by atoms with E-state index >= 15 is 0 Å². The average Bonchev–Trinajstić information content (AvgIpc) is 2.65. The first kappa shape index (κ1) is 20.2. The predicted octanol–water partition coefficient (Wildman–Crippen LogP) is 3.05. The molecule has 0 radical (unpaired) electrons. The standard InChI is InChI=1S/C20H30N2O2.ClH/c1-24-20(23)19(22-14-15-9-11-21-12-10-15)13-17-7-4-6-16-5-2-3-8-18(16)17;/h2-3,5,8,15,17,19,21-22H,4,6-7,9-14H2,1H3;1H. The Kier molecular flexibility index (Phi) is 8.20. The van der Waals surface area contributed by atoms with Crippen molar-refractivity contribution < 1.29 is 9.53 Å². The van der Waals surface area contributed by atoms with Crippen molar-refractivity contribution in [1.29, 1.82) is 0 Å². The summed E-state index contributed by atoms with van der Waals surface area (Å²) in [5.41, 5.74) is 2.89. The first-order valence-corrected chi connectivity index (χ1v) is 9.37. The molecule has 2 unspecified atom stereocenters. The lowest BCUT2D eigenvalue weighted by molar-refractivity contribution is -0.143. The number of carbonyl (C=O) groups is 1. The van der Waals surface area contributed by atoms with Crippen LogP contribution in [-0.4, -0.2) is 38.8 Å². The third kappa shape index (κ3) is 5.44. The van der Waals surface area contributed by atoms with Crippen LogP contribution in [0.1, 0.15) is 49.1 Å². The molecule has 1 saturated heterocycles. The number of aryl methyl sites for hydroxylation is 1. The fourth-order valence-corrected chi connectivity index (χ4v) is 4.18. The number of esters is 1. The molecule has 0 spiro atoms. The van der Waals surface area contributed by atoms with Crippen molar-refractivity contribution in [2.45, 2.75) is 50.5 Å². The number of hydrogen-bond acceptors (Lipinski definition) is 4. The molecule has 5 heteroatoms. The lowest BCUT2D eigenvalue weighted by Crippen LogP contribution is -2.43. The van der Waals surface area contributed by atoms with Crippen LogP contribution in [0.5, 0.6) is 0 Å².